The van der Waals surface area contributed by atoms with Crippen molar-refractivity contribution in [1.82, 2.24) is 19.8 Å². The van der Waals surface area contributed by atoms with E-state index in [-0.39, 0.29) is 11.4 Å². The lowest BCUT2D eigenvalue weighted by Crippen LogP contribution is -2.30. The number of benzene rings is 1. The molecule has 0 aliphatic rings. The number of hydrogen-bond donors (Lipinski definition) is 1. The minimum atomic E-state index is -1.05. The number of anilines is 1. The van der Waals surface area contributed by atoms with E-state index >= 15 is 0 Å². The highest BCUT2D eigenvalue weighted by molar-refractivity contribution is 5.99. The summed E-state index contributed by atoms with van der Waals surface area (Å²) in [6, 6.07) is 13.0. The highest BCUT2D eigenvalue weighted by atomic mass is 16.5. The molecule has 146 valence electrons. The predicted molar refractivity (Wildman–Crippen MR) is 103 cm³/mol. The van der Waals surface area contributed by atoms with Gasteiger partial charge >= 0.3 is 5.97 Å². The molecule has 0 bridgehead atoms. The lowest BCUT2D eigenvalue weighted by Gasteiger charge is -2.11. The van der Waals surface area contributed by atoms with Gasteiger partial charge in [0.1, 0.15) is 11.3 Å². The van der Waals surface area contributed by atoms with E-state index in [1.807, 2.05) is 30.3 Å². The van der Waals surface area contributed by atoms with E-state index in [1.54, 1.807) is 29.8 Å². The Labute approximate surface area is 165 Å². The second kappa shape index (κ2) is 7.55. The summed E-state index contributed by atoms with van der Waals surface area (Å²) in [6.07, 6.45) is 1.92. The van der Waals surface area contributed by atoms with Crippen molar-refractivity contribution < 1.29 is 18.8 Å². The molecule has 29 heavy (non-hydrogen) atoms. The molecule has 4 aromatic rings. The molecule has 0 fully saturated rings. The Kier molecular flexibility index (Phi) is 4.78. The highest BCUT2D eigenvalue weighted by Crippen LogP contribution is 2.21. The van der Waals surface area contributed by atoms with Gasteiger partial charge in [-0.2, -0.15) is 5.10 Å². The molecule has 0 aliphatic heterocycles. The first kappa shape index (κ1) is 18.4. The summed E-state index contributed by atoms with van der Waals surface area (Å²) in [4.78, 5) is 29.1. The third-order valence-electron chi connectivity index (χ3n) is 4.22. The maximum Gasteiger partial charge on any atom is 0.344 e. The number of fused-ring (bicyclic) bond motifs is 1. The average Bonchev–Trinajstić information content (AvgIpc) is 3.34. The fraction of sp³-hybridized carbons (Fsp3) is 0.150. The number of nitrogens with zero attached hydrogens (tertiary/aromatic N) is 4. The number of aromatic nitrogens is 4. The Morgan fingerprint density at radius 3 is 2.72 bits per heavy atom. The SMILES string of the molecule is Cc1cc(NC(=O)C(C)OC(=O)c2cnn3c(-c4ccccc4)ccnc23)no1. The van der Waals surface area contributed by atoms with Crippen LogP contribution in [0.15, 0.2) is 59.4 Å². The Hall–Kier alpha value is -4.01. The number of nitrogens with one attached hydrogen (secondary N) is 1. The molecule has 0 radical (unpaired) electrons. The topological polar surface area (TPSA) is 112 Å². The number of hydrogen-bond acceptors (Lipinski definition) is 7. The summed E-state index contributed by atoms with van der Waals surface area (Å²) >= 11 is 0. The van der Waals surface area contributed by atoms with Crippen molar-refractivity contribution in [2.45, 2.75) is 20.0 Å². The zero-order valence-corrected chi connectivity index (χ0v) is 15.7. The van der Waals surface area contributed by atoms with Gasteiger partial charge in [0, 0.05) is 17.8 Å². The van der Waals surface area contributed by atoms with Gasteiger partial charge in [-0.05, 0) is 19.9 Å². The zero-order chi connectivity index (χ0) is 20.4. The van der Waals surface area contributed by atoms with Gasteiger partial charge < -0.3 is 14.6 Å². The van der Waals surface area contributed by atoms with E-state index < -0.39 is 18.0 Å². The Morgan fingerprint density at radius 2 is 2.00 bits per heavy atom. The van der Waals surface area contributed by atoms with Crippen LogP contribution in [0, 0.1) is 6.92 Å². The third kappa shape index (κ3) is 3.70. The second-order valence-corrected chi connectivity index (χ2v) is 6.35. The molecule has 1 amide bonds. The zero-order valence-electron chi connectivity index (χ0n) is 15.7. The number of amides is 1. The predicted octanol–water partition coefficient (Wildman–Crippen LogP) is 2.88. The fourth-order valence-electron chi connectivity index (χ4n) is 2.79. The minimum absolute atomic E-state index is 0.166. The highest BCUT2D eigenvalue weighted by Gasteiger charge is 2.23. The molecular weight excluding hydrogens is 374 g/mol. The van der Waals surface area contributed by atoms with Crippen LogP contribution < -0.4 is 5.32 Å². The van der Waals surface area contributed by atoms with Gasteiger partial charge in [0.15, 0.2) is 17.6 Å². The molecule has 0 saturated carbocycles. The number of ether oxygens (including phenoxy) is 1. The smallest absolute Gasteiger partial charge is 0.344 e. The molecule has 0 spiro atoms. The molecule has 9 heteroatoms. The monoisotopic (exact) mass is 391 g/mol. The average molecular weight is 391 g/mol. The molecule has 3 heterocycles. The van der Waals surface area contributed by atoms with Crippen LogP contribution in [-0.2, 0) is 9.53 Å². The van der Waals surface area contributed by atoms with Gasteiger partial charge in [-0.3, -0.25) is 4.79 Å². The van der Waals surface area contributed by atoms with Crippen molar-refractivity contribution in [3.05, 3.63) is 66.2 Å². The van der Waals surface area contributed by atoms with Crippen molar-refractivity contribution in [1.29, 1.82) is 0 Å². The van der Waals surface area contributed by atoms with Crippen LogP contribution in [0.5, 0.6) is 0 Å². The van der Waals surface area contributed by atoms with Crippen LogP contribution >= 0.6 is 0 Å². The van der Waals surface area contributed by atoms with Gasteiger partial charge in [-0.15, -0.1) is 0 Å². The van der Waals surface area contributed by atoms with Gasteiger partial charge in [-0.1, -0.05) is 35.5 Å². The van der Waals surface area contributed by atoms with Gasteiger partial charge in [-0.25, -0.2) is 14.3 Å². The molecule has 1 unspecified atom stereocenters. The van der Waals surface area contributed by atoms with E-state index in [1.165, 1.54) is 13.1 Å². The number of carbonyl (C=O) groups is 2. The number of aryl methyl sites for hydroxylation is 1. The van der Waals surface area contributed by atoms with Crippen LogP contribution in [0.2, 0.25) is 0 Å². The molecule has 4 rings (SSSR count). The second-order valence-electron chi connectivity index (χ2n) is 6.35. The van der Waals surface area contributed by atoms with Gasteiger partial charge in [0.25, 0.3) is 5.91 Å². The van der Waals surface area contributed by atoms with Gasteiger partial charge in [0.05, 0.1) is 11.9 Å². The Bertz CT molecular complexity index is 1180. The summed E-state index contributed by atoms with van der Waals surface area (Å²) in [6.45, 7) is 3.17. The van der Waals surface area contributed by atoms with Crippen LogP contribution in [-0.4, -0.2) is 37.7 Å². The number of carbonyl (C=O) groups excluding carboxylic acids is 2. The molecule has 1 N–H and O–H groups in total. The van der Waals surface area contributed by atoms with E-state index in [0.717, 1.165) is 11.3 Å². The lowest BCUT2D eigenvalue weighted by molar-refractivity contribution is -0.123. The fourth-order valence-corrected chi connectivity index (χ4v) is 2.79. The lowest BCUT2D eigenvalue weighted by atomic mass is 10.1. The Balaban J connectivity index is 1.54. The quantitative estimate of drug-likeness (QED) is 0.521. The number of rotatable bonds is 5. The van der Waals surface area contributed by atoms with Crippen molar-refractivity contribution >= 4 is 23.3 Å². The van der Waals surface area contributed by atoms with Crippen LogP contribution in [0.1, 0.15) is 23.0 Å². The molecule has 0 saturated heterocycles. The van der Waals surface area contributed by atoms with Crippen LogP contribution in [0.3, 0.4) is 0 Å². The molecule has 1 atom stereocenters. The van der Waals surface area contributed by atoms with E-state index in [2.05, 4.69) is 20.6 Å². The summed E-state index contributed by atoms with van der Waals surface area (Å²) in [5, 5.41) is 10.5. The first-order valence-electron chi connectivity index (χ1n) is 8.86. The van der Waals surface area contributed by atoms with Crippen molar-refractivity contribution in [2.75, 3.05) is 5.32 Å². The largest absolute Gasteiger partial charge is 0.449 e. The maximum absolute atomic E-state index is 12.6. The third-order valence-corrected chi connectivity index (χ3v) is 4.22. The van der Waals surface area contributed by atoms with E-state index in [9.17, 15) is 9.59 Å². The first-order chi connectivity index (χ1) is 14.0. The first-order valence-corrected chi connectivity index (χ1v) is 8.86. The summed E-state index contributed by atoms with van der Waals surface area (Å²) in [5.74, 6) is -0.421. The van der Waals surface area contributed by atoms with E-state index in [4.69, 9.17) is 9.26 Å². The van der Waals surface area contributed by atoms with Crippen LogP contribution in [0.4, 0.5) is 5.82 Å². The molecule has 1 aromatic carbocycles. The van der Waals surface area contributed by atoms with Crippen LogP contribution in [0.25, 0.3) is 16.9 Å². The molecule has 9 nitrogen and oxygen atoms in total. The van der Waals surface area contributed by atoms with E-state index in [0.29, 0.717) is 11.4 Å². The van der Waals surface area contributed by atoms with Gasteiger partial charge in [0.2, 0.25) is 0 Å². The van der Waals surface area contributed by atoms with Crippen molar-refractivity contribution in [3.8, 4) is 11.3 Å². The Morgan fingerprint density at radius 1 is 1.21 bits per heavy atom. The molecular formula is C20H17N5O4. The summed E-state index contributed by atoms with van der Waals surface area (Å²) < 4.78 is 11.7. The van der Waals surface area contributed by atoms with Crippen molar-refractivity contribution in [2.24, 2.45) is 0 Å². The van der Waals surface area contributed by atoms with Crippen molar-refractivity contribution in [3.63, 3.8) is 0 Å². The normalized spacial score (nSPS) is 11.9. The maximum atomic E-state index is 12.6. The molecule has 0 aliphatic carbocycles. The summed E-state index contributed by atoms with van der Waals surface area (Å²) in [5.41, 5.74) is 2.22. The number of esters is 1. The molecule has 3 aromatic heterocycles. The summed E-state index contributed by atoms with van der Waals surface area (Å²) in [7, 11) is 0. The standard InChI is InChI=1S/C20H17N5O4/c1-12-10-17(24-29-12)23-19(26)13(2)28-20(27)15-11-22-25-16(8-9-21-18(15)25)14-6-4-3-5-7-14/h3-11,13H,1-2H3,(H,23,24,26). The minimum Gasteiger partial charge on any atom is -0.449 e.